The molecule has 3 aliphatic rings. The van der Waals surface area contributed by atoms with Crippen LogP contribution in [-0.4, -0.2) is 4.98 Å². The maximum absolute atomic E-state index is 4.67. The first-order valence-corrected chi connectivity index (χ1v) is 7.12. The van der Waals surface area contributed by atoms with Crippen LogP contribution < -0.4 is 0 Å². The van der Waals surface area contributed by atoms with Gasteiger partial charge < -0.3 is 19.8 Å². The Kier molecular flexibility index (Phi) is 5.79. The zero-order chi connectivity index (χ0) is 13.0. The van der Waals surface area contributed by atoms with E-state index < -0.39 is 0 Å². The summed E-state index contributed by atoms with van der Waals surface area (Å²) >= 11 is 0. The Hall–Kier alpha value is -0.942. The number of hydrogen-bond donors (Lipinski definition) is 0. The molecule has 0 spiro atoms. The molecule has 5 rings (SSSR count). The summed E-state index contributed by atoms with van der Waals surface area (Å²) in [5, 5.41) is 0. The van der Waals surface area contributed by atoms with E-state index in [4.69, 9.17) is 0 Å². The van der Waals surface area contributed by atoms with Gasteiger partial charge in [-0.15, -0.1) is 35.9 Å². The first kappa shape index (κ1) is 19.1. The van der Waals surface area contributed by atoms with Crippen LogP contribution in [0.15, 0.2) is 36.5 Å². The van der Waals surface area contributed by atoms with Crippen molar-refractivity contribution >= 4 is 0 Å². The summed E-state index contributed by atoms with van der Waals surface area (Å²) in [6, 6.07) is 13.6. The molecule has 1 saturated carbocycles. The molecule has 0 N–H and O–H groups in total. The number of nitrogens with zero attached hydrogens (tertiary/aromatic N) is 1. The third-order valence-corrected chi connectivity index (χ3v) is 5.32. The molecule has 2 bridgehead atoms. The van der Waals surface area contributed by atoms with Gasteiger partial charge in [0.05, 0.1) is 0 Å². The van der Waals surface area contributed by atoms with Crippen molar-refractivity contribution in [3.8, 4) is 11.3 Å². The van der Waals surface area contributed by atoms with E-state index >= 15 is 0 Å². The van der Waals surface area contributed by atoms with Crippen molar-refractivity contribution in [1.82, 2.24) is 4.98 Å². The minimum Gasteiger partial charge on any atom is -0.358 e. The summed E-state index contributed by atoms with van der Waals surface area (Å²) in [6.07, 6.45) is 4.70. The maximum atomic E-state index is 4.67. The number of benzene rings is 1. The van der Waals surface area contributed by atoms with Crippen LogP contribution in [0.25, 0.3) is 11.3 Å². The van der Waals surface area contributed by atoms with E-state index in [2.05, 4.69) is 43.2 Å². The van der Waals surface area contributed by atoms with Gasteiger partial charge in [-0.05, 0) is 46.9 Å². The van der Waals surface area contributed by atoms with Crippen LogP contribution in [0.4, 0.5) is 0 Å². The van der Waals surface area contributed by atoms with Crippen LogP contribution >= 0.6 is 0 Å². The van der Waals surface area contributed by atoms with Gasteiger partial charge in [0, 0.05) is 27.3 Å². The minimum absolute atomic E-state index is 0. The Balaban J connectivity index is 0.000000807. The second kappa shape index (κ2) is 6.67. The third-order valence-electron chi connectivity index (χ3n) is 5.32. The van der Waals surface area contributed by atoms with Gasteiger partial charge in [0.15, 0.2) is 0 Å². The van der Waals surface area contributed by atoms with Crippen LogP contribution in [0.3, 0.4) is 0 Å². The molecule has 22 heavy (non-hydrogen) atoms. The Bertz CT molecular complexity index is 633. The van der Waals surface area contributed by atoms with Crippen molar-refractivity contribution in [2.45, 2.75) is 32.6 Å². The van der Waals surface area contributed by atoms with E-state index in [1.54, 1.807) is 0 Å². The predicted octanol–water partition coefficient (Wildman–Crippen LogP) is 5.13. The standard InChI is InChI=1S/C18H18N.2CH3.Pt/c1-18(2)14-8-13-9-17(12-6-4-3-5-7-12)19-11-15(13)16(18)10-14;;;/h3-6,9,11,14,16H,8,10H2,1-2H3;2*1H3;/q3*-1;/t14?,16-;;;/m1.../s1. The second-order valence-electron chi connectivity index (χ2n) is 6.56. The van der Waals surface area contributed by atoms with Crippen LogP contribution in [0.2, 0.25) is 0 Å². The van der Waals surface area contributed by atoms with E-state index in [1.165, 1.54) is 24.0 Å². The number of hydrogen-bond acceptors (Lipinski definition) is 1. The molecule has 2 aromatic rings. The van der Waals surface area contributed by atoms with E-state index in [0.29, 0.717) is 5.41 Å². The number of rotatable bonds is 1. The third kappa shape index (κ3) is 2.69. The van der Waals surface area contributed by atoms with E-state index in [-0.39, 0.29) is 35.9 Å². The number of aromatic nitrogens is 1. The average molecular weight is 473 g/mol. The van der Waals surface area contributed by atoms with Crippen molar-refractivity contribution in [3.63, 3.8) is 0 Å². The summed E-state index contributed by atoms with van der Waals surface area (Å²) in [7, 11) is 0. The molecule has 0 radical (unpaired) electrons. The molecule has 2 atom stereocenters. The second-order valence-corrected chi connectivity index (χ2v) is 6.56. The normalized spacial score (nSPS) is 22.8. The van der Waals surface area contributed by atoms with Gasteiger partial charge in [0.1, 0.15) is 0 Å². The minimum atomic E-state index is 0. The Morgan fingerprint density at radius 1 is 1.23 bits per heavy atom. The van der Waals surface area contributed by atoms with Gasteiger partial charge >= 0.3 is 0 Å². The first-order valence-electron chi connectivity index (χ1n) is 7.12. The van der Waals surface area contributed by atoms with Crippen LogP contribution in [-0.2, 0) is 27.5 Å². The summed E-state index contributed by atoms with van der Waals surface area (Å²) < 4.78 is 0. The average Bonchev–Trinajstić information content (AvgIpc) is 2.46. The van der Waals surface area contributed by atoms with Crippen LogP contribution in [0, 0.1) is 32.3 Å². The summed E-state index contributed by atoms with van der Waals surface area (Å²) in [4.78, 5) is 4.67. The molecular weight excluding hydrogens is 449 g/mol. The van der Waals surface area contributed by atoms with Crippen molar-refractivity contribution < 1.29 is 21.1 Å². The fourth-order valence-corrected chi connectivity index (χ4v) is 3.85. The van der Waals surface area contributed by atoms with Crippen molar-refractivity contribution in [1.29, 1.82) is 0 Å². The SMILES string of the molecule is CC1(C)C2Cc3cc(-c4[c-]cccc4)ncc3[C@H]1C2.[CH3-].[CH3-].[Pt]. The molecule has 1 aromatic carbocycles. The molecule has 1 unspecified atom stereocenters. The molecule has 0 saturated heterocycles. The quantitative estimate of drug-likeness (QED) is 0.524. The van der Waals surface area contributed by atoms with Crippen LogP contribution in [0.5, 0.6) is 0 Å². The van der Waals surface area contributed by atoms with Gasteiger partial charge in [0.2, 0.25) is 0 Å². The Labute approximate surface area is 149 Å². The molecule has 1 fully saturated rings. The van der Waals surface area contributed by atoms with Gasteiger partial charge in [0.25, 0.3) is 0 Å². The summed E-state index contributed by atoms with van der Waals surface area (Å²) in [5.41, 5.74) is 5.66. The van der Waals surface area contributed by atoms with Crippen molar-refractivity contribution in [3.05, 3.63) is 68.6 Å². The van der Waals surface area contributed by atoms with Gasteiger partial charge in [-0.2, -0.15) is 0 Å². The molecule has 0 aliphatic heterocycles. The largest absolute Gasteiger partial charge is 0.358 e. The predicted molar refractivity (Wildman–Crippen MR) is 89.7 cm³/mol. The summed E-state index contributed by atoms with van der Waals surface area (Å²) in [5.74, 6) is 1.59. The maximum Gasteiger partial charge on any atom is 0.0198 e. The topological polar surface area (TPSA) is 12.9 Å². The molecule has 2 heteroatoms. The monoisotopic (exact) mass is 473 g/mol. The van der Waals surface area contributed by atoms with Crippen molar-refractivity contribution in [2.75, 3.05) is 0 Å². The Morgan fingerprint density at radius 3 is 2.64 bits per heavy atom. The molecule has 122 valence electrons. The van der Waals surface area contributed by atoms with E-state index in [1.807, 2.05) is 18.2 Å². The summed E-state index contributed by atoms with van der Waals surface area (Å²) in [6.45, 7) is 4.82. The molecule has 1 aromatic heterocycles. The fourth-order valence-electron chi connectivity index (χ4n) is 3.85. The molecule has 1 nitrogen and oxygen atoms in total. The molecule has 3 aliphatic carbocycles. The van der Waals surface area contributed by atoms with E-state index in [0.717, 1.165) is 23.1 Å². The zero-order valence-corrected chi connectivity index (χ0v) is 16.1. The van der Waals surface area contributed by atoms with Gasteiger partial charge in [-0.3, -0.25) is 0 Å². The smallest absolute Gasteiger partial charge is 0.0198 e. The molecule has 0 amide bonds. The first-order chi connectivity index (χ1) is 9.16. The fraction of sp³-hybridized carbons (Fsp3) is 0.350. The molecule has 1 heterocycles. The van der Waals surface area contributed by atoms with E-state index in [9.17, 15) is 0 Å². The van der Waals surface area contributed by atoms with Gasteiger partial charge in [-0.25, -0.2) is 0 Å². The zero-order valence-electron chi connectivity index (χ0n) is 13.8. The van der Waals surface area contributed by atoms with Crippen molar-refractivity contribution in [2.24, 2.45) is 11.3 Å². The van der Waals surface area contributed by atoms with Gasteiger partial charge in [-0.1, -0.05) is 19.9 Å². The van der Waals surface area contributed by atoms with Crippen LogP contribution in [0.1, 0.15) is 37.3 Å². The molecular formula is C20H24NPt-3. The Morgan fingerprint density at radius 2 is 2.00 bits per heavy atom. The number of pyridine rings is 1.